The van der Waals surface area contributed by atoms with E-state index < -0.39 is 23.8 Å². The summed E-state index contributed by atoms with van der Waals surface area (Å²) in [4.78, 5) is 55.5. The van der Waals surface area contributed by atoms with E-state index in [0.717, 1.165) is 11.4 Å². The lowest BCUT2D eigenvalue weighted by Crippen LogP contribution is -2.53. The number of methoxy groups -OCH3 is 1. The molecule has 7 rings (SSSR count). The fourth-order valence-electron chi connectivity index (χ4n) is 7.05. The largest absolute Gasteiger partial charge is 0.481 e. The fraction of sp³-hybridized carbons (Fsp3) is 0.382. The highest BCUT2D eigenvalue weighted by molar-refractivity contribution is 7.11. The first-order chi connectivity index (χ1) is 23.7. The van der Waals surface area contributed by atoms with Crippen molar-refractivity contribution in [3.05, 3.63) is 86.7 Å². The van der Waals surface area contributed by atoms with Crippen molar-refractivity contribution in [2.24, 2.45) is 10.9 Å². The van der Waals surface area contributed by atoms with Gasteiger partial charge in [-0.15, -0.1) is 11.3 Å². The quantitative estimate of drug-likeness (QED) is 0.328. The van der Waals surface area contributed by atoms with Crippen molar-refractivity contribution >= 4 is 58.1 Å². The van der Waals surface area contributed by atoms with Crippen LogP contribution in [0.3, 0.4) is 0 Å². The molecule has 4 aliphatic heterocycles. The van der Waals surface area contributed by atoms with Gasteiger partial charge in [-0.25, -0.2) is 19.0 Å². The Kier molecular flexibility index (Phi) is 9.27. The molecule has 3 aromatic rings. The summed E-state index contributed by atoms with van der Waals surface area (Å²) in [6.07, 6.45) is 2.90. The molecule has 0 unspecified atom stereocenters. The smallest absolute Gasteiger partial charge is 0.338 e. The molecule has 2 aromatic carbocycles. The zero-order valence-corrected chi connectivity index (χ0v) is 28.3. The summed E-state index contributed by atoms with van der Waals surface area (Å²) in [5, 5.41) is 15.3. The lowest BCUT2D eigenvalue weighted by molar-refractivity contribution is -0.142. The third kappa shape index (κ3) is 6.59. The standard InChI is InChI=1S/C34H35ClFN7O5S/c1-48-33(46)28-27(38-30(31-37-10-15-49-31)39-29(28)25-7-2-21(36)16-26(25)35)19-40-13-14-42-24(17-40)18-43(34(42)47)23-5-3-22(4-6-23)41-11-8-20(9-12-41)32(44)45/h2-7,10,15-16,20,24,29H,8-9,11-14,17-19H2,1H3,(H,38,39)(H,44,45)/t24-,29-/m0/s1. The summed E-state index contributed by atoms with van der Waals surface area (Å²) in [6, 6.07) is 10.9. The SMILES string of the molecule is COC(=O)C1=C(CN2CCN3C(=O)N(c4ccc(N5CCC(C(=O)O)CC5)cc4)C[C@@H]3C2)NC(c2nccs2)=N[C@H]1c1ccc(F)cc1Cl. The van der Waals surface area contributed by atoms with Gasteiger partial charge in [-0.05, 0) is 49.2 Å². The van der Waals surface area contributed by atoms with Crippen LogP contribution >= 0.6 is 22.9 Å². The highest BCUT2D eigenvalue weighted by atomic mass is 35.5. The van der Waals surface area contributed by atoms with Gasteiger partial charge in [0.2, 0.25) is 0 Å². The van der Waals surface area contributed by atoms with Crippen LogP contribution in [0, 0.1) is 11.7 Å². The number of thiazole rings is 1. The minimum Gasteiger partial charge on any atom is -0.481 e. The molecule has 3 fully saturated rings. The van der Waals surface area contributed by atoms with Crippen molar-refractivity contribution in [3.63, 3.8) is 0 Å². The number of amidine groups is 1. The number of esters is 1. The number of aromatic nitrogens is 1. The van der Waals surface area contributed by atoms with Gasteiger partial charge in [-0.3, -0.25) is 19.6 Å². The second kappa shape index (κ2) is 13.8. The highest BCUT2D eigenvalue weighted by Gasteiger charge is 2.42. The van der Waals surface area contributed by atoms with Crippen molar-refractivity contribution in [1.82, 2.24) is 20.1 Å². The molecule has 1 aromatic heterocycles. The minimum atomic E-state index is -0.855. The van der Waals surface area contributed by atoms with Crippen LogP contribution in [-0.2, 0) is 14.3 Å². The molecule has 0 bridgehead atoms. The Morgan fingerprint density at radius 1 is 1.08 bits per heavy atom. The van der Waals surface area contributed by atoms with Gasteiger partial charge in [0, 0.05) is 85.0 Å². The summed E-state index contributed by atoms with van der Waals surface area (Å²) in [6.45, 7) is 3.88. The molecule has 12 nitrogen and oxygen atoms in total. The number of rotatable bonds is 8. The van der Waals surface area contributed by atoms with Gasteiger partial charge in [-0.2, -0.15) is 0 Å². The Balaban J connectivity index is 1.09. The number of halogens is 2. The first-order valence-corrected chi connectivity index (χ1v) is 17.3. The molecule has 0 saturated carbocycles. The monoisotopic (exact) mass is 707 g/mol. The van der Waals surface area contributed by atoms with E-state index in [0.29, 0.717) is 80.8 Å². The van der Waals surface area contributed by atoms with Crippen molar-refractivity contribution in [1.29, 1.82) is 0 Å². The Morgan fingerprint density at radius 3 is 2.51 bits per heavy atom. The number of fused-ring (bicyclic) bond motifs is 1. The zero-order chi connectivity index (χ0) is 34.2. The molecule has 4 aliphatic rings. The van der Waals surface area contributed by atoms with Crippen molar-refractivity contribution in [3.8, 4) is 0 Å². The van der Waals surface area contributed by atoms with Crippen molar-refractivity contribution in [2.45, 2.75) is 24.9 Å². The lowest BCUT2D eigenvalue weighted by atomic mass is 9.95. The van der Waals surface area contributed by atoms with E-state index in [1.165, 1.54) is 36.6 Å². The van der Waals surface area contributed by atoms with E-state index in [2.05, 4.69) is 20.1 Å². The Hall–Kier alpha value is -4.53. The van der Waals surface area contributed by atoms with E-state index in [4.69, 9.17) is 21.3 Å². The maximum absolute atomic E-state index is 14.0. The van der Waals surface area contributed by atoms with Crippen LogP contribution in [0.25, 0.3) is 0 Å². The number of hydrogen-bond donors (Lipinski definition) is 2. The average molecular weight is 708 g/mol. The fourth-order valence-corrected chi connectivity index (χ4v) is 7.91. The van der Waals surface area contributed by atoms with Crippen molar-refractivity contribution < 1.29 is 28.6 Å². The number of aliphatic carboxylic acids is 1. The van der Waals surface area contributed by atoms with Gasteiger partial charge in [0.1, 0.15) is 11.9 Å². The number of ether oxygens (including phenoxy) is 1. The summed E-state index contributed by atoms with van der Waals surface area (Å²) in [7, 11) is 1.31. The van der Waals surface area contributed by atoms with Gasteiger partial charge < -0.3 is 25.0 Å². The van der Waals surface area contributed by atoms with Gasteiger partial charge >= 0.3 is 18.0 Å². The van der Waals surface area contributed by atoms with Crippen LogP contribution < -0.4 is 15.1 Å². The topological polar surface area (TPSA) is 131 Å². The van der Waals surface area contributed by atoms with Crippen molar-refractivity contribution in [2.75, 3.05) is 62.7 Å². The molecule has 49 heavy (non-hydrogen) atoms. The van der Waals surface area contributed by atoms with Crippen LogP contribution in [0.15, 0.2) is 70.3 Å². The van der Waals surface area contributed by atoms with Crippen LogP contribution in [-0.4, -0.2) is 103 Å². The van der Waals surface area contributed by atoms with Gasteiger partial charge in [-0.1, -0.05) is 17.7 Å². The maximum atomic E-state index is 14.0. The first-order valence-electron chi connectivity index (χ1n) is 16.1. The van der Waals surface area contributed by atoms with E-state index in [-0.39, 0.29) is 28.6 Å². The number of piperazine rings is 1. The van der Waals surface area contributed by atoms with E-state index in [9.17, 15) is 23.9 Å². The number of benzene rings is 2. The maximum Gasteiger partial charge on any atom is 0.338 e. The third-order valence-electron chi connectivity index (χ3n) is 9.61. The number of carbonyl (C=O) groups is 3. The second-order valence-corrected chi connectivity index (χ2v) is 13.8. The molecule has 2 N–H and O–H groups in total. The number of nitrogens with one attached hydrogen (secondary N) is 1. The molecule has 0 radical (unpaired) electrons. The Labute approximate surface area is 291 Å². The summed E-state index contributed by atoms with van der Waals surface area (Å²) < 4.78 is 19.2. The number of anilines is 2. The van der Waals surface area contributed by atoms with Crippen LogP contribution in [0.2, 0.25) is 5.02 Å². The molecule has 3 saturated heterocycles. The number of carboxylic acids is 1. The van der Waals surface area contributed by atoms with Crippen LogP contribution in [0.4, 0.5) is 20.6 Å². The highest BCUT2D eigenvalue weighted by Crippen LogP contribution is 2.37. The summed E-state index contributed by atoms with van der Waals surface area (Å²) in [5.41, 5.74) is 3.14. The molecule has 256 valence electrons. The number of nitrogens with zero attached hydrogens (tertiary/aromatic N) is 6. The molecule has 0 aliphatic carbocycles. The minimum absolute atomic E-state index is 0.0471. The molecule has 5 heterocycles. The molecular weight excluding hydrogens is 673 g/mol. The number of piperidine rings is 1. The lowest BCUT2D eigenvalue weighted by Gasteiger charge is -2.38. The van der Waals surface area contributed by atoms with Crippen LogP contribution in [0.1, 0.15) is 29.5 Å². The summed E-state index contributed by atoms with van der Waals surface area (Å²) >= 11 is 7.89. The number of amides is 2. The van der Waals surface area contributed by atoms with E-state index >= 15 is 0 Å². The van der Waals surface area contributed by atoms with Gasteiger partial charge in [0.25, 0.3) is 0 Å². The Bertz CT molecular complexity index is 1810. The number of urea groups is 1. The molecule has 0 spiro atoms. The van der Waals surface area contributed by atoms with Gasteiger partial charge in [0.05, 0.1) is 24.6 Å². The molecule has 2 amide bonds. The predicted molar refractivity (Wildman–Crippen MR) is 184 cm³/mol. The number of aliphatic imine (C=N–C) groups is 1. The zero-order valence-electron chi connectivity index (χ0n) is 26.7. The molecule has 2 atom stereocenters. The predicted octanol–water partition coefficient (Wildman–Crippen LogP) is 4.38. The molecule has 15 heteroatoms. The number of carbonyl (C=O) groups excluding carboxylic acids is 2. The van der Waals surface area contributed by atoms with E-state index in [1.807, 2.05) is 34.5 Å². The van der Waals surface area contributed by atoms with Crippen LogP contribution in [0.5, 0.6) is 0 Å². The number of carboxylic acid groups (broad SMARTS) is 1. The number of hydrogen-bond acceptors (Lipinski definition) is 10. The van der Waals surface area contributed by atoms with Gasteiger partial charge in [0.15, 0.2) is 10.8 Å². The summed E-state index contributed by atoms with van der Waals surface area (Å²) in [5.74, 6) is -1.64. The third-order valence-corrected chi connectivity index (χ3v) is 10.7. The first kappa shape index (κ1) is 33.0. The average Bonchev–Trinajstić information content (AvgIpc) is 3.76. The molecular formula is C34H35ClFN7O5S. The van der Waals surface area contributed by atoms with E-state index in [1.54, 1.807) is 11.1 Å². The normalized spacial score (nSPS) is 21.8. The Morgan fingerprint density at radius 2 is 1.84 bits per heavy atom. The second-order valence-electron chi connectivity index (χ2n) is 12.5.